The van der Waals surface area contributed by atoms with E-state index < -0.39 is 0 Å². The summed E-state index contributed by atoms with van der Waals surface area (Å²) in [4.78, 5) is 10.8. The van der Waals surface area contributed by atoms with Crippen LogP contribution in [0.5, 0.6) is 0 Å². The Hall–Kier alpha value is -1.10. The summed E-state index contributed by atoms with van der Waals surface area (Å²) in [6, 6.07) is 0.432. The van der Waals surface area contributed by atoms with Gasteiger partial charge in [0.25, 0.3) is 0 Å². The van der Waals surface area contributed by atoms with Gasteiger partial charge in [-0.1, -0.05) is 19.3 Å². The fraction of sp³-hybridized carbons (Fsp3) is 0.667. The zero-order chi connectivity index (χ0) is 12.1. The maximum atomic E-state index is 6.02. The third-order valence-corrected chi connectivity index (χ3v) is 3.80. The quantitative estimate of drug-likeness (QED) is 0.663. The zero-order valence-corrected chi connectivity index (χ0v) is 11.1. The molecular formula is C12H20N4S. The number of guanidine groups is 1. The Balaban J connectivity index is 1.89. The molecule has 1 aliphatic carbocycles. The first kappa shape index (κ1) is 12.4. The number of aromatic nitrogens is 1. The third kappa shape index (κ3) is 3.70. The molecule has 0 aliphatic heterocycles. The van der Waals surface area contributed by atoms with E-state index in [1.807, 2.05) is 22.8 Å². The highest BCUT2D eigenvalue weighted by molar-refractivity contribution is 7.07. The molecule has 0 radical (unpaired) electrons. The van der Waals surface area contributed by atoms with Gasteiger partial charge in [0, 0.05) is 12.4 Å². The first-order valence-electron chi connectivity index (χ1n) is 6.17. The fourth-order valence-corrected chi connectivity index (χ4v) is 2.68. The van der Waals surface area contributed by atoms with E-state index in [0.717, 1.165) is 12.2 Å². The molecule has 0 saturated heterocycles. The minimum Gasteiger partial charge on any atom is -0.370 e. The minimum absolute atomic E-state index is 0.432. The topological polar surface area (TPSA) is 54.5 Å². The van der Waals surface area contributed by atoms with Crippen LogP contribution in [-0.2, 0) is 6.54 Å². The van der Waals surface area contributed by atoms with E-state index in [4.69, 9.17) is 5.73 Å². The van der Waals surface area contributed by atoms with Crippen LogP contribution in [0.4, 0.5) is 0 Å². The summed E-state index contributed by atoms with van der Waals surface area (Å²) in [6.45, 7) is 0.742. The number of aliphatic imine (C=N–C) groups is 1. The van der Waals surface area contributed by atoms with Crippen LogP contribution in [0.15, 0.2) is 15.9 Å². The van der Waals surface area contributed by atoms with Gasteiger partial charge in [-0.05, 0) is 12.8 Å². The summed E-state index contributed by atoms with van der Waals surface area (Å²) in [7, 11) is 1.97. The molecule has 0 bridgehead atoms. The van der Waals surface area contributed by atoms with E-state index in [1.165, 1.54) is 32.1 Å². The number of hydrogen-bond donors (Lipinski definition) is 1. The summed E-state index contributed by atoms with van der Waals surface area (Å²) in [6.07, 6.45) is 6.30. The van der Waals surface area contributed by atoms with Crippen molar-refractivity contribution < 1.29 is 0 Å². The van der Waals surface area contributed by atoms with E-state index in [9.17, 15) is 0 Å². The molecule has 5 heteroatoms. The molecule has 2 N–H and O–H groups in total. The van der Waals surface area contributed by atoms with Crippen molar-refractivity contribution in [2.45, 2.75) is 44.7 Å². The Kier molecular flexibility index (Phi) is 4.36. The first-order valence-corrected chi connectivity index (χ1v) is 7.11. The molecule has 1 saturated carbocycles. The monoisotopic (exact) mass is 252 g/mol. The van der Waals surface area contributed by atoms with Gasteiger partial charge in [-0.15, -0.1) is 11.3 Å². The van der Waals surface area contributed by atoms with Crippen LogP contribution in [-0.4, -0.2) is 28.9 Å². The summed E-state index contributed by atoms with van der Waals surface area (Å²) >= 11 is 1.61. The van der Waals surface area contributed by atoms with E-state index >= 15 is 0 Å². The highest BCUT2D eigenvalue weighted by atomic mass is 32.1. The number of rotatable bonds is 3. The molecule has 1 aromatic heterocycles. The van der Waals surface area contributed by atoms with Crippen molar-refractivity contribution in [2.24, 2.45) is 10.7 Å². The van der Waals surface area contributed by atoms with Gasteiger partial charge < -0.3 is 10.6 Å². The second-order valence-corrected chi connectivity index (χ2v) is 5.33. The van der Waals surface area contributed by atoms with Gasteiger partial charge in [-0.3, -0.25) is 0 Å². The number of nitrogens with zero attached hydrogens (tertiary/aromatic N) is 3. The largest absolute Gasteiger partial charge is 0.370 e. The van der Waals surface area contributed by atoms with Gasteiger partial charge in [0.05, 0.1) is 23.8 Å². The molecule has 2 rings (SSSR count). The van der Waals surface area contributed by atoms with Crippen molar-refractivity contribution in [3.05, 3.63) is 16.6 Å². The predicted octanol–water partition coefficient (Wildman–Crippen LogP) is 2.22. The number of nitrogens with two attached hydrogens (primary N) is 1. The van der Waals surface area contributed by atoms with E-state index in [0.29, 0.717) is 12.0 Å². The van der Waals surface area contributed by atoms with Crippen LogP contribution in [0.3, 0.4) is 0 Å². The fourth-order valence-electron chi connectivity index (χ4n) is 2.14. The second-order valence-electron chi connectivity index (χ2n) is 4.61. The molecule has 4 nitrogen and oxygen atoms in total. The number of hydrogen-bond acceptors (Lipinski definition) is 3. The summed E-state index contributed by atoms with van der Waals surface area (Å²) in [5, 5.41) is 2.05. The average molecular weight is 252 g/mol. The summed E-state index contributed by atoms with van der Waals surface area (Å²) in [5.41, 5.74) is 8.92. The molecule has 0 spiro atoms. The highest BCUT2D eigenvalue weighted by Crippen LogP contribution is 2.20. The molecular weight excluding hydrogens is 232 g/mol. The SMILES string of the molecule is CN(Cc1cscn1)C(N)=NC1CCCCC1. The lowest BCUT2D eigenvalue weighted by Gasteiger charge is -2.22. The molecule has 1 heterocycles. The van der Waals surface area contributed by atoms with Crippen LogP contribution in [0, 0.1) is 0 Å². The normalized spacial score (nSPS) is 18.3. The summed E-state index contributed by atoms with van der Waals surface area (Å²) < 4.78 is 0. The lowest BCUT2D eigenvalue weighted by Crippen LogP contribution is -2.35. The Morgan fingerprint density at radius 2 is 2.29 bits per heavy atom. The molecule has 94 valence electrons. The van der Waals surface area contributed by atoms with Crippen molar-refractivity contribution >= 4 is 17.3 Å². The van der Waals surface area contributed by atoms with Crippen molar-refractivity contribution in [2.75, 3.05) is 7.05 Å². The van der Waals surface area contributed by atoms with Crippen molar-refractivity contribution in [1.82, 2.24) is 9.88 Å². The van der Waals surface area contributed by atoms with Crippen LogP contribution in [0.2, 0.25) is 0 Å². The Morgan fingerprint density at radius 1 is 1.53 bits per heavy atom. The molecule has 17 heavy (non-hydrogen) atoms. The Labute approximate surface area is 107 Å². The average Bonchev–Trinajstić information content (AvgIpc) is 2.83. The zero-order valence-electron chi connectivity index (χ0n) is 10.3. The lowest BCUT2D eigenvalue weighted by molar-refractivity contribution is 0.427. The molecule has 0 amide bonds. The lowest BCUT2D eigenvalue weighted by atomic mass is 9.96. The van der Waals surface area contributed by atoms with Gasteiger partial charge >= 0.3 is 0 Å². The van der Waals surface area contributed by atoms with E-state index in [2.05, 4.69) is 9.98 Å². The van der Waals surface area contributed by atoms with E-state index in [1.54, 1.807) is 11.3 Å². The van der Waals surface area contributed by atoms with Crippen molar-refractivity contribution in [3.63, 3.8) is 0 Å². The second kappa shape index (κ2) is 6.00. The van der Waals surface area contributed by atoms with Gasteiger partial charge in [0.15, 0.2) is 5.96 Å². The Morgan fingerprint density at radius 3 is 2.94 bits per heavy atom. The van der Waals surface area contributed by atoms with Crippen molar-refractivity contribution in [3.8, 4) is 0 Å². The third-order valence-electron chi connectivity index (χ3n) is 3.16. The maximum absolute atomic E-state index is 6.02. The first-order chi connectivity index (χ1) is 8.25. The van der Waals surface area contributed by atoms with E-state index in [-0.39, 0.29) is 0 Å². The smallest absolute Gasteiger partial charge is 0.191 e. The summed E-state index contributed by atoms with van der Waals surface area (Å²) in [5.74, 6) is 0.643. The molecule has 0 aromatic carbocycles. The van der Waals surface area contributed by atoms with Crippen LogP contribution in [0.25, 0.3) is 0 Å². The van der Waals surface area contributed by atoms with Crippen LogP contribution in [0.1, 0.15) is 37.8 Å². The standard InChI is InChI=1S/C12H20N4S/c1-16(7-11-8-17-9-14-11)12(13)15-10-5-3-2-4-6-10/h8-10H,2-7H2,1H3,(H2,13,15). The van der Waals surface area contributed by atoms with Gasteiger partial charge in [-0.2, -0.15) is 0 Å². The molecule has 1 fully saturated rings. The minimum atomic E-state index is 0.432. The Bertz CT molecular complexity index is 355. The van der Waals surface area contributed by atoms with Gasteiger partial charge in [-0.25, -0.2) is 9.98 Å². The molecule has 1 aromatic rings. The number of thiazole rings is 1. The molecule has 1 aliphatic rings. The predicted molar refractivity (Wildman–Crippen MR) is 72.1 cm³/mol. The van der Waals surface area contributed by atoms with Crippen molar-refractivity contribution in [1.29, 1.82) is 0 Å². The van der Waals surface area contributed by atoms with Crippen LogP contribution < -0.4 is 5.73 Å². The van der Waals surface area contributed by atoms with Crippen LogP contribution >= 0.6 is 11.3 Å². The van der Waals surface area contributed by atoms with Gasteiger partial charge in [0.1, 0.15) is 0 Å². The molecule has 0 atom stereocenters. The highest BCUT2D eigenvalue weighted by Gasteiger charge is 2.13. The molecule has 0 unspecified atom stereocenters. The van der Waals surface area contributed by atoms with Gasteiger partial charge in [0.2, 0.25) is 0 Å². The maximum Gasteiger partial charge on any atom is 0.191 e.